The number of rotatable bonds is 4. The number of carbonyl (C=O) groups excluding carboxylic acids is 1. The van der Waals surface area contributed by atoms with Crippen LogP contribution in [0.3, 0.4) is 0 Å². The molecule has 0 N–H and O–H groups in total. The molecule has 0 unspecified atom stereocenters. The van der Waals surface area contributed by atoms with Gasteiger partial charge < -0.3 is 4.90 Å². The predicted molar refractivity (Wildman–Crippen MR) is 98.1 cm³/mol. The van der Waals surface area contributed by atoms with Gasteiger partial charge in [0, 0.05) is 12.1 Å². The fourth-order valence-corrected chi connectivity index (χ4v) is 2.72. The monoisotopic (exact) mass is 354 g/mol. The van der Waals surface area contributed by atoms with E-state index in [2.05, 4.69) is 10.1 Å². The van der Waals surface area contributed by atoms with E-state index in [0.29, 0.717) is 10.8 Å². The number of nitrogens with zero attached hydrogens (tertiary/aromatic N) is 4. The van der Waals surface area contributed by atoms with Gasteiger partial charge in [0.1, 0.15) is 5.82 Å². The summed E-state index contributed by atoms with van der Waals surface area (Å²) < 4.78 is 1.64. The minimum absolute atomic E-state index is 0.0727. The molecular weight excluding hydrogens is 336 g/mol. The van der Waals surface area contributed by atoms with E-state index in [9.17, 15) is 4.79 Å². The van der Waals surface area contributed by atoms with Gasteiger partial charge in [-0.05, 0) is 43.7 Å². The number of aryl methyl sites for hydroxylation is 1. The summed E-state index contributed by atoms with van der Waals surface area (Å²) in [5.41, 5.74) is 1.87. The highest BCUT2D eigenvalue weighted by molar-refractivity contribution is 6.30. The van der Waals surface area contributed by atoms with Crippen LogP contribution in [-0.4, -0.2) is 32.6 Å². The number of hydrogen-bond donors (Lipinski definition) is 0. The molecule has 3 aromatic rings. The normalized spacial score (nSPS) is 12.0. The van der Waals surface area contributed by atoms with Crippen molar-refractivity contribution >= 4 is 17.5 Å². The molecule has 5 nitrogen and oxygen atoms in total. The number of benzene rings is 2. The SMILES string of the molecule is Cc1nc(C(=O)N(C)[C@@H](C)c2ccccc2)nn1-c1ccc(Cl)cc1. The van der Waals surface area contributed by atoms with Crippen molar-refractivity contribution in [1.82, 2.24) is 19.7 Å². The lowest BCUT2D eigenvalue weighted by Crippen LogP contribution is -2.30. The van der Waals surface area contributed by atoms with E-state index in [-0.39, 0.29) is 17.8 Å². The third-order valence-electron chi connectivity index (χ3n) is 4.21. The fraction of sp³-hybridized carbons (Fsp3) is 0.211. The molecule has 0 spiro atoms. The Balaban J connectivity index is 1.85. The third kappa shape index (κ3) is 3.56. The van der Waals surface area contributed by atoms with Crippen LogP contribution in [0.2, 0.25) is 5.02 Å². The Morgan fingerprint density at radius 3 is 2.40 bits per heavy atom. The van der Waals surface area contributed by atoms with E-state index in [1.165, 1.54) is 0 Å². The first-order valence-corrected chi connectivity index (χ1v) is 8.37. The number of hydrogen-bond acceptors (Lipinski definition) is 3. The van der Waals surface area contributed by atoms with Gasteiger partial charge in [0.05, 0.1) is 11.7 Å². The Kier molecular flexibility index (Phi) is 4.86. The van der Waals surface area contributed by atoms with Crippen LogP contribution in [-0.2, 0) is 0 Å². The van der Waals surface area contributed by atoms with Gasteiger partial charge in [-0.25, -0.2) is 9.67 Å². The van der Waals surface area contributed by atoms with Gasteiger partial charge in [0.15, 0.2) is 0 Å². The molecular formula is C19H19ClN4O. The van der Waals surface area contributed by atoms with Crippen LogP contribution in [0, 0.1) is 6.92 Å². The minimum Gasteiger partial charge on any atom is -0.332 e. The van der Waals surface area contributed by atoms with Gasteiger partial charge >= 0.3 is 0 Å². The molecule has 1 aromatic heterocycles. The standard InChI is InChI=1S/C19H19ClN4O/c1-13(15-7-5-4-6-8-15)23(3)19(25)18-21-14(2)24(22-18)17-11-9-16(20)10-12-17/h4-13H,1-3H3/t13-/m0/s1. The van der Waals surface area contributed by atoms with Crippen LogP contribution in [0.15, 0.2) is 54.6 Å². The van der Waals surface area contributed by atoms with E-state index in [0.717, 1.165) is 11.3 Å². The number of halogens is 1. The second-order valence-electron chi connectivity index (χ2n) is 5.87. The molecule has 0 saturated carbocycles. The zero-order valence-electron chi connectivity index (χ0n) is 14.3. The molecule has 6 heteroatoms. The summed E-state index contributed by atoms with van der Waals surface area (Å²) in [6.45, 7) is 3.80. The Morgan fingerprint density at radius 1 is 1.12 bits per heavy atom. The van der Waals surface area contributed by atoms with Crippen molar-refractivity contribution in [2.75, 3.05) is 7.05 Å². The number of carbonyl (C=O) groups is 1. The Labute approximate surface area is 151 Å². The van der Waals surface area contributed by atoms with E-state index in [4.69, 9.17) is 11.6 Å². The number of aromatic nitrogens is 3. The Morgan fingerprint density at radius 2 is 1.76 bits per heavy atom. The fourth-order valence-electron chi connectivity index (χ4n) is 2.60. The summed E-state index contributed by atoms with van der Waals surface area (Å²) in [7, 11) is 1.76. The van der Waals surface area contributed by atoms with Crippen LogP contribution in [0.5, 0.6) is 0 Å². The van der Waals surface area contributed by atoms with Gasteiger partial charge in [-0.2, -0.15) is 0 Å². The molecule has 0 aliphatic heterocycles. The molecule has 2 aromatic carbocycles. The highest BCUT2D eigenvalue weighted by atomic mass is 35.5. The predicted octanol–water partition coefficient (Wildman–Crippen LogP) is 4.06. The van der Waals surface area contributed by atoms with E-state index >= 15 is 0 Å². The highest BCUT2D eigenvalue weighted by Gasteiger charge is 2.23. The molecule has 0 aliphatic rings. The summed E-state index contributed by atoms with van der Waals surface area (Å²) in [4.78, 5) is 18.8. The summed E-state index contributed by atoms with van der Waals surface area (Å²) in [6.07, 6.45) is 0. The largest absolute Gasteiger partial charge is 0.332 e. The zero-order valence-corrected chi connectivity index (χ0v) is 15.1. The third-order valence-corrected chi connectivity index (χ3v) is 4.47. The average molecular weight is 355 g/mol. The minimum atomic E-state index is -0.216. The maximum atomic E-state index is 12.8. The lowest BCUT2D eigenvalue weighted by Gasteiger charge is -2.24. The molecule has 25 heavy (non-hydrogen) atoms. The van der Waals surface area contributed by atoms with Crippen LogP contribution in [0.1, 0.15) is 35.0 Å². The van der Waals surface area contributed by atoms with E-state index in [1.807, 2.05) is 56.3 Å². The van der Waals surface area contributed by atoms with Crippen molar-refractivity contribution in [2.24, 2.45) is 0 Å². The van der Waals surface area contributed by atoms with Gasteiger partial charge in [-0.15, -0.1) is 5.10 Å². The maximum Gasteiger partial charge on any atom is 0.293 e. The first-order valence-electron chi connectivity index (χ1n) is 7.99. The molecule has 0 saturated heterocycles. The summed E-state index contributed by atoms with van der Waals surface area (Å²) in [6, 6.07) is 17.0. The van der Waals surface area contributed by atoms with Gasteiger partial charge in [0.2, 0.25) is 5.82 Å². The van der Waals surface area contributed by atoms with Crippen molar-refractivity contribution in [1.29, 1.82) is 0 Å². The second kappa shape index (κ2) is 7.07. The molecule has 3 rings (SSSR count). The van der Waals surface area contributed by atoms with Crippen molar-refractivity contribution in [2.45, 2.75) is 19.9 Å². The van der Waals surface area contributed by atoms with E-state index in [1.54, 1.807) is 28.8 Å². The molecule has 0 fully saturated rings. The quantitative estimate of drug-likeness (QED) is 0.709. The summed E-state index contributed by atoms with van der Waals surface area (Å²) in [5, 5.41) is 5.03. The number of amides is 1. The van der Waals surface area contributed by atoms with Crippen molar-refractivity contribution in [3.05, 3.63) is 76.8 Å². The summed E-state index contributed by atoms with van der Waals surface area (Å²) in [5.74, 6) is 0.608. The van der Waals surface area contributed by atoms with E-state index < -0.39 is 0 Å². The molecule has 0 bridgehead atoms. The zero-order chi connectivity index (χ0) is 18.0. The van der Waals surface area contributed by atoms with Crippen LogP contribution < -0.4 is 0 Å². The second-order valence-corrected chi connectivity index (χ2v) is 6.31. The molecule has 1 atom stereocenters. The van der Waals surface area contributed by atoms with Crippen molar-refractivity contribution in [3.63, 3.8) is 0 Å². The maximum absolute atomic E-state index is 12.8. The molecule has 128 valence electrons. The molecule has 0 aliphatic carbocycles. The van der Waals surface area contributed by atoms with Gasteiger partial charge in [-0.1, -0.05) is 41.9 Å². The first-order chi connectivity index (χ1) is 12.0. The molecule has 1 heterocycles. The van der Waals surface area contributed by atoms with Gasteiger partial charge in [-0.3, -0.25) is 4.79 Å². The van der Waals surface area contributed by atoms with Crippen molar-refractivity contribution < 1.29 is 4.79 Å². The Bertz CT molecular complexity index is 874. The molecule has 1 amide bonds. The first kappa shape index (κ1) is 17.2. The molecule has 0 radical (unpaired) electrons. The lowest BCUT2D eigenvalue weighted by molar-refractivity contribution is 0.0730. The van der Waals surface area contributed by atoms with Crippen LogP contribution >= 0.6 is 11.6 Å². The average Bonchev–Trinajstić information content (AvgIpc) is 3.03. The summed E-state index contributed by atoms with van der Waals surface area (Å²) >= 11 is 5.92. The highest BCUT2D eigenvalue weighted by Crippen LogP contribution is 2.20. The van der Waals surface area contributed by atoms with Crippen LogP contribution in [0.25, 0.3) is 5.69 Å². The van der Waals surface area contributed by atoms with Crippen LogP contribution in [0.4, 0.5) is 0 Å². The lowest BCUT2D eigenvalue weighted by atomic mass is 10.1. The van der Waals surface area contributed by atoms with Gasteiger partial charge in [0.25, 0.3) is 5.91 Å². The smallest absolute Gasteiger partial charge is 0.293 e. The topological polar surface area (TPSA) is 51.0 Å². The Hall–Kier alpha value is -2.66. The van der Waals surface area contributed by atoms with Crippen molar-refractivity contribution in [3.8, 4) is 5.69 Å².